The van der Waals surface area contributed by atoms with Crippen LogP contribution in [0.2, 0.25) is 5.02 Å². The predicted molar refractivity (Wildman–Crippen MR) is 144 cm³/mol. The summed E-state index contributed by atoms with van der Waals surface area (Å²) in [5.41, 5.74) is 3.55. The molecule has 1 aliphatic heterocycles. The first-order chi connectivity index (χ1) is 17.9. The molecule has 10 heteroatoms. The maximum Gasteiger partial charge on any atom is 0.245 e. The van der Waals surface area contributed by atoms with Gasteiger partial charge in [0.1, 0.15) is 30.1 Å². The molecule has 9 nitrogen and oxygen atoms in total. The number of nitrogens with zero attached hydrogens (tertiary/aromatic N) is 5. The van der Waals surface area contributed by atoms with E-state index in [1.165, 1.54) is 12.4 Å². The number of imidazole rings is 1. The van der Waals surface area contributed by atoms with Gasteiger partial charge in [-0.25, -0.2) is 15.0 Å². The number of anilines is 2. The van der Waals surface area contributed by atoms with E-state index >= 15 is 0 Å². The van der Waals surface area contributed by atoms with E-state index in [-0.39, 0.29) is 5.91 Å². The number of aromatic amines is 1. The Morgan fingerprint density at radius 1 is 1.30 bits per heavy atom. The topological polar surface area (TPSA) is 101 Å². The molecule has 0 aliphatic carbocycles. The van der Waals surface area contributed by atoms with Gasteiger partial charge in [-0.1, -0.05) is 18.2 Å². The third kappa shape index (κ3) is 5.32. The summed E-state index contributed by atoms with van der Waals surface area (Å²) in [7, 11) is 0. The Morgan fingerprint density at radius 3 is 2.81 bits per heavy atom. The number of hydrogen-bond acceptors (Lipinski definition) is 6. The number of likely N-dealkylation sites (tertiary alicyclic amines) is 1. The van der Waals surface area contributed by atoms with E-state index in [4.69, 9.17) is 16.3 Å². The summed E-state index contributed by atoms with van der Waals surface area (Å²) < 4.78 is 7.95. The van der Waals surface area contributed by atoms with Crippen molar-refractivity contribution in [3.05, 3.63) is 72.2 Å². The van der Waals surface area contributed by atoms with Crippen molar-refractivity contribution in [2.75, 3.05) is 18.4 Å². The van der Waals surface area contributed by atoms with E-state index in [1.54, 1.807) is 6.33 Å². The highest BCUT2D eigenvalue weighted by atomic mass is 35.5. The van der Waals surface area contributed by atoms with E-state index in [1.807, 2.05) is 40.1 Å². The van der Waals surface area contributed by atoms with Crippen molar-refractivity contribution in [3.63, 3.8) is 0 Å². The molecule has 1 aliphatic rings. The van der Waals surface area contributed by atoms with Crippen LogP contribution in [0.15, 0.2) is 55.9 Å². The van der Waals surface area contributed by atoms with Crippen LogP contribution in [-0.4, -0.2) is 48.4 Å². The number of carbonyl (C=O) groups is 1. The highest BCUT2D eigenvalue weighted by Gasteiger charge is 2.26. The molecule has 0 bridgehead atoms. The molecule has 1 fully saturated rings. The van der Waals surface area contributed by atoms with Crippen LogP contribution >= 0.6 is 11.6 Å². The van der Waals surface area contributed by atoms with E-state index in [0.717, 1.165) is 40.8 Å². The average molecular weight is 520 g/mol. The van der Waals surface area contributed by atoms with Gasteiger partial charge in [-0.15, -0.1) is 0 Å². The standard InChI is InChI=1S/C27H30ClN7O2/c1-4-24(36)34-9-7-18(8-10-34)21-12-29-26-25(21)27(31-15-30-26)33-19-5-6-23(22(28)11-19)37-14-20-13-35(16-32-20)17(2)3/h4-6,11-13,15-18H,1,7-10,14H2,2-3H3,(H2,29,30,31,33). The Labute approximate surface area is 220 Å². The first-order valence-corrected chi connectivity index (χ1v) is 12.8. The monoisotopic (exact) mass is 519 g/mol. The van der Waals surface area contributed by atoms with Crippen LogP contribution in [0.1, 0.15) is 49.9 Å². The zero-order chi connectivity index (χ0) is 25.9. The number of H-pyrrole nitrogens is 1. The zero-order valence-electron chi connectivity index (χ0n) is 20.9. The summed E-state index contributed by atoms with van der Waals surface area (Å²) in [5.74, 6) is 1.57. The molecule has 4 heterocycles. The quantitative estimate of drug-likeness (QED) is 0.294. The molecule has 0 saturated carbocycles. The number of piperidine rings is 1. The molecule has 0 spiro atoms. The highest BCUT2D eigenvalue weighted by molar-refractivity contribution is 6.32. The van der Waals surface area contributed by atoms with Crippen LogP contribution < -0.4 is 10.1 Å². The second-order valence-corrected chi connectivity index (χ2v) is 9.87. The molecule has 1 aromatic carbocycles. The van der Waals surface area contributed by atoms with E-state index < -0.39 is 0 Å². The molecule has 0 radical (unpaired) electrons. The van der Waals surface area contributed by atoms with Gasteiger partial charge in [0.25, 0.3) is 0 Å². The first kappa shape index (κ1) is 24.8. The maximum absolute atomic E-state index is 12.0. The van der Waals surface area contributed by atoms with Gasteiger partial charge in [-0.05, 0) is 62.4 Å². The third-order valence-electron chi connectivity index (χ3n) is 6.74. The Hall–Kier alpha value is -3.85. The molecule has 192 valence electrons. The van der Waals surface area contributed by atoms with Crippen LogP contribution in [0.5, 0.6) is 5.75 Å². The minimum absolute atomic E-state index is 0.0161. The molecule has 3 aromatic heterocycles. The number of amides is 1. The molecule has 2 N–H and O–H groups in total. The summed E-state index contributed by atoms with van der Waals surface area (Å²) in [5, 5.41) is 4.85. The molecule has 0 atom stereocenters. The van der Waals surface area contributed by atoms with Gasteiger partial charge in [-0.3, -0.25) is 4.79 Å². The fourth-order valence-corrected chi connectivity index (χ4v) is 4.90. The zero-order valence-corrected chi connectivity index (χ0v) is 21.7. The lowest BCUT2D eigenvalue weighted by molar-refractivity contribution is -0.127. The Balaban J connectivity index is 1.30. The number of carbonyl (C=O) groups excluding carboxylic acids is 1. The van der Waals surface area contributed by atoms with Gasteiger partial charge < -0.3 is 24.5 Å². The van der Waals surface area contributed by atoms with Crippen molar-refractivity contribution in [2.45, 2.75) is 45.3 Å². The van der Waals surface area contributed by atoms with E-state index in [2.05, 4.69) is 45.7 Å². The van der Waals surface area contributed by atoms with Crippen molar-refractivity contribution < 1.29 is 9.53 Å². The lowest BCUT2D eigenvalue weighted by Crippen LogP contribution is -2.36. The molecular weight excluding hydrogens is 490 g/mol. The Bertz CT molecular complexity index is 1420. The lowest BCUT2D eigenvalue weighted by atomic mass is 9.89. The molecule has 5 rings (SSSR count). The van der Waals surface area contributed by atoms with Gasteiger partial charge in [0.15, 0.2) is 0 Å². The molecule has 4 aromatic rings. The van der Waals surface area contributed by atoms with Gasteiger partial charge in [0, 0.05) is 37.2 Å². The van der Waals surface area contributed by atoms with Crippen LogP contribution in [0.4, 0.5) is 11.5 Å². The second kappa shape index (κ2) is 10.6. The van der Waals surface area contributed by atoms with Crippen LogP contribution in [-0.2, 0) is 11.4 Å². The van der Waals surface area contributed by atoms with Gasteiger partial charge in [0.2, 0.25) is 5.91 Å². The van der Waals surface area contributed by atoms with Crippen LogP contribution in [0.25, 0.3) is 11.0 Å². The molecule has 1 saturated heterocycles. The van der Waals surface area contributed by atoms with E-state index in [0.29, 0.717) is 48.2 Å². The number of benzene rings is 1. The minimum Gasteiger partial charge on any atom is -0.486 e. The fourth-order valence-electron chi connectivity index (χ4n) is 4.66. The fraction of sp³-hybridized carbons (Fsp3) is 0.333. The number of aromatic nitrogens is 5. The number of hydrogen-bond donors (Lipinski definition) is 2. The lowest BCUT2D eigenvalue weighted by Gasteiger charge is -2.31. The average Bonchev–Trinajstić information content (AvgIpc) is 3.56. The normalized spacial score (nSPS) is 14.3. The van der Waals surface area contributed by atoms with E-state index in [9.17, 15) is 4.79 Å². The molecule has 37 heavy (non-hydrogen) atoms. The van der Waals surface area contributed by atoms with Crippen molar-refractivity contribution >= 4 is 40.0 Å². The van der Waals surface area contributed by atoms with Crippen molar-refractivity contribution in [2.24, 2.45) is 0 Å². The summed E-state index contributed by atoms with van der Waals surface area (Å²) in [6.45, 7) is 9.54. The van der Waals surface area contributed by atoms with Crippen LogP contribution in [0.3, 0.4) is 0 Å². The molecular formula is C27H30ClN7O2. The number of rotatable bonds is 8. The molecule has 0 unspecified atom stereocenters. The summed E-state index contributed by atoms with van der Waals surface area (Å²) in [6.07, 6.45) is 10.4. The SMILES string of the molecule is C=CC(=O)N1CCC(c2c[nH]c3ncnc(Nc4ccc(OCc5cn(C(C)C)cn5)c(Cl)c4)c23)CC1. The number of nitrogens with one attached hydrogen (secondary N) is 2. The smallest absolute Gasteiger partial charge is 0.245 e. The molecule has 1 amide bonds. The van der Waals surface area contributed by atoms with Crippen molar-refractivity contribution in [3.8, 4) is 5.75 Å². The number of fused-ring (bicyclic) bond motifs is 1. The first-order valence-electron chi connectivity index (χ1n) is 12.4. The number of ether oxygens (including phenoxy) is 1. The summed E-state index contributed by atoms with van der Waals surface area (Å²) in [4.78, 5) is 30.4. The Morgan fingerprint density at radius 2 is 2.11 bits per heavy atom. The van der Waals surface area contributed by atoms with Gasteiger partial charge >= 0.3 is 0 Å². The third-order valence-corrected chi connectivity index (χ3v) is 7.04. The summed E-state index contributed by atoms with van der Waals surface area (Å²) >= 11 is 6.55. The van der Waals surface area contributed by atoms with Gasteiger partial charge in [0.05, 0.1) is 22.4 Å². The highest BCUT2D eigenvalue weighted by Crippen LogP contribution is 2.37. The summed E-state index contributed by atoms with van der Waals surface area (Å²) in [6, 6.07) is 5.92. The largest absolute Gasteiger partial charge is 0.486 e. The number of halogens is 1. The minimum atomic E-state index is -0.0161. The van der Waals surface area contributed by atoms with Crippen LogP contribution in [0, 0.1) is 0 Å². The maximum atomic E-state index is 12.0. The van der Waals surface area contributed by atoms with Crippen molar-refractivity contribution in [1.29, 1.82) is 0 Å². The van der Waals surface area contributed by atoms with Crippen molar-refractivity contribution in [1.82, 2.24) is 29.4 Å². The van der Waals surface area contributed by atoms with Gasteiger partial charge in [-0.2, -0.15) is 0 Å². The Kier molecular flexibility index (Phi) is 7.14. The predicted octanol–water partition coefficient (Wildman–Crippen LogP) is 5.60. The second-order valence-electron chi connectivity index (χ2n) is 9.46.